The summed E-state index contributed by atoms with van der Waals surface area (Å²) in [5.74, 6) is 3.32. The molecule has 5 fully saturated rings. The van der Waals surface area contributed by atoms with E-state index in [4.69, 9.17) is 9.47 Å². The van der Waals surface area contributed by atoms with E-state index in [-0.39, 0.29) is 23.0 Å². The predicted molar refractivity (Wildman–Crippen MR) is 120 cm³/mol. The van der Waals surface area contributed by atoms with E-state index < -0.39 is 5.60 Å². The summed E-state index contributed by atoms with van der Waals surface area (Å²) in [6, 6.07) is 0. The lowest BCUT2D eigenvalue weighted by atomic mass is 9.43. The van der Waals surface area contributed by atoms with Gasteiger partial charge >= 0.3 is 0 Å². The minimum atomic E-state index is -0.529. The molecular weight excluding hydrogens is 388 g/mol. The first-order chi connectivity index (χ1) is 14.8. The molecule has 0 aromatic carbocycles. The van der Waals surface area contributed by atoms with Crippen LogP contribution in [0.2, 0.25) is 0 Å². The van der Waals surface area contributed by atoms with Crippen LogP contribution in [0.25, 0.3) is 0 Å². The number of ether oxygens (including phenoxy) is 2. The van der Waals surface area contributed by atoms with Gasteiger partial charge in [-0.1, -0.05) is 6.92 Å². The van der Waals surface area contributed by atoms with Crippen molar-refractivity contribution >= 4 is 5.78 Å². The van der Waals surface area contributed by atoms with Crippen LogP contribution in [0.15, 0.2) is 0 Å². The van der Waals surface area contributed by atoms with Crippen LogP contribution in [0.3, 0.4) is 0 Å². The normalized spacial score (nSPS) is 52.1. The number of ketones is 1. The van der Waals surface area contributed by atoms with E-state index in [9.17, 15) is 9.90 Å². The molecule has 4 aliphatic carbocycles. The Balaban J connectivity index is 1.41. The maximum absolute atomic E-state index is 12.4. The van der Waals surface area contributed by atoms with Gasteiger partial charge in [-0.2, -0.15) is 0 Å². The van der Waals surface area contributed by atoms with E-state index >= 15 is 0 Å². The minimum absolute atomic E-state index is 0.0333. The molecule has 31 heavy (non-hydrogen) atoms. The van der Waals surface area contributed by atoms with E-state index in [1.165, 1.54) is 38.5 Å². The summed E-state index contributed by atoms with van der Waals surface area (Å²) in [6.07, 6.45) is 13.5. The minimum Gasteiger partial charge on any atom is -0.390 e. The molecule has 2 unspecified atom stereocenters. The maximum atomic E-state index is 12.4. The summed E-state index contributed by atoms with van der Waals surface area (Å²) in [5, 5.41) is 10.9. The fourth-order valence-corrected chi connectivity index (χ4v) is 9.27. The summed E-state index contributed by atoms with van der Waals surface area (Å²) < 4.78 is 12.5. The third-order valence-corrected chi connectivity index (χ3v) is 10.8. The van der Waals surface area contributed by atoms with Crippen LogP contribution in [-0.2, 0) is 14.3 Å². The molecule has 4 heteroatoms. The number of rotatable bonds is 4. The van der Waals surface area contributed by atoms with Gasteiger partial charge in [0.25, 0.3) is 0 Å². The lowest BCUT2D eigenvalue weighted by Crippen LogP contribution is -2.58. The average molecular weight is 433 g/mol. The summed E-state index contributed by atoms with van der Waals surface area (Å²) in [4.78, 5) is 12.4. The lowest BCUT2D eigenvalue weighted by molar-refractivity contribution is -0.226. The smallest absolute Gasteiger partial charge is 0.157 e. The van der Waals surface area contributed by atoms with Crippen molar-refractivity contribution in [3.63, 3.8) is 0 Å². The zero-order valence-electron chi connectivity index (χ0n) is 20.0. The first kappa shape index (κ1) is 22.3. The van der Waals surface area contributed by atoms with Crippen molar-refractivity contribution < 1.29 is 19.4 Å². The monoisotopic (exact) mass is 432 g/mol. The van der Waals surface area contributed by atoms with Crippen LogP contribution in [-0.4, -0.2) is 36.0 Å². The summed E-state index contributed by atoms with van der Waals surface area (Å²) in [6.45, 7) is 7.93. The first-order valence-corrected chi connectivity index (χ1v) is 13.2. The number of aliphatic hydroxyl groups is 1. The van der Waals surface area contributed by atoms with E-state index in [0.717, 1.165) is 57.7 Å². The molecule has 5 rings (SSSR count). The molecule has 0 amide bonds. The molecular formula is C27H44O4. The number of hydrogen-bond donors (Lipinski definition) is 1. The Kier molecular flexibility index (Phi) is 5.84. The summed E-state index contributed by atoms with van der Waals surface area (Å²) >= 11 is 0. The summed E-state index contributed by atoms with van der Waals surface area (Å²) in [7, 11) is 0. The van der Waals surface area contributed by atoms with Gasteiger partial charge in [0.05, 0.1) is 12.2 Å². The molecule has 0 radical (unpaired) electrons. The highest BCUT2D eigenvalue weighted by atomic mass is 16.7. The first-order valence-electron chi connectivity index (χ1n) is 13.2. The van der Waals surface area contributed by atoms with Crippen molar-refractivity contribution in [2.45, 2.75) is 110 Å². The van der Waals surface area contributed by atoms with Crippen molar-refractivity contribution in [1.82, 2.24) is 0 Å². The van der Waals surface area contributed by atoms with Gasteiger partial charge in [-0.3, -0.25) is 4.79 Å². The fourth-order valence-electron chi connectivity index (χ4n) is 9.27. The Morgan fingerprint density at radius 3 is 2.58 bits per heavy atom. The topological polar surface area (TPSA) is 55.8 Å². The lowest BCUT2D eigenvalue weighted by Gasteiger charge is -2.62. The third-order valence-electron chi connectivity index (χ3n) is 10.8. The summed E-state index contributed by atoms with van der Waals surface area (Å²) in [5.41, 5.74) is -0.144. The third kappa shape index (κ3) is 3.73. The van der Waals surface area contributed by atoms with Crippen LogP contribution < -0.4 is 0 Å². The maximum Gasteiger partial charge on any atom is 0.157 e. The van der Waals surface area contributed by atoms with E-state index in [0.29, 0.717) is 23.5 Å². The Morgan fingerprint density at radius 2 is 1.84 bits per heavy atom. The molecule has 9 atom stereocenters. The second-order valence-electron chi connectivity index (χ2n) is 12.5. The number of fused-ring (bicyclic) bond motifs is 5. The van der Waals surface area contributed by atoms with Crippen molar-refractivity contribution in [2.24, 2.45) is 40.4 Å². The van der Waals surface area contributed by atoms with Crippen molar-refractivity contribution in [3.05, 3.63) is 0 Å². The standard InChI is InChI=1S/C27H44O4/c1-18(28)21-9-10-22-20-8-7-19-16-25(2,29)13-14-27(19,23(20)11-12-26(21,22)3)17-31-24-6-4-5-15-30-24/h19-24,29H,4-17H2,1-3H3/t19-,20-,21+,22-,23-,24?,25+,26+,27?/m0/s1. The van der Waals surface area contributed by atoms with Crippen molar-refractivity contribution in [1.29, 1.82) is 0 Å². The quantitative estimate of drug-likeness (QED) is 0.636. The highest BCUT2D eigenvalue weighted by Crippen LogP contribution is 2.68. The van der Waals surface area contributed by atoms with Crippen LogP contribution in [0, 0.1) is 40.4 Å². The number of hydrogen-bond acceptors (Lipinski definition) is 4. The van der Waals surface area contributed by atoms with Gasteiger partial charge in [0.2, 0.25) is 0 Å². The number of carbonyl (C=O) groups is 1. The van der Waals surface area contributed by atoms with Gasteiger partial charge < -0.3 is 14.6 Å². The Labute approximate surface area is 188 Å². The molecule has 4 saturated carbocycles. The van der Waals surface area contributed by atoms with Gasteiger partial charge in [0.1, 0.15) is 5.78 Å². The fraction of sp³-hybridized carbons (Fsp3) is 0.963. The molecule has 0 aromatic rings. The number of Topliss-reactive ketones (excluding diaryl/α,β-unsaturated/α-hetero) is 1. The van der Waals surface area contributed by atoms with E-state index in [1.54, 1.807) is 0 Å². The Bertz CT molecular complexity index is 683. The molecule has 5 aliphatic rings. The van der Waals surface area contributed by atoms with Gasteiger partial charge in [0, 0.05) is 12.5 Å². The largest absolute Gasteiger partial charge is 0.390 e. The molecule has 0 bridgehead atoms. The highest BCUT2D eigenvalue weighted by Gasteiger charge is 2.63. The molecule has 0 aromatic heterocycles. The molecule has 176 valence electrons. The second kappa shape index (κ2) is 8.09. The zero-order valence-corrected chi connectivity index (χ0v) is 20.0. The Hall–Kier alpha value is -0.450. The predicted octanol–water partition coefficient (Wildman–Crippen LogP) is 5.51. The SMILES string of the molecule is CC(=O)[C@H]1CC[C@H]2[C@@H]3CC[C@H]4C[C@](C)(O)CCC4(COC4CCCCO4)[C@H]3CC[C@]12C. The molecule has 4 nitrogen and oxygen atoms in total. The highest BCUT2D eigenvalue weighted by molar-refractivity contribution is 5.79. The van der Waals surface area contributed by atoms with Gasteiger partial charge in [0.15, 0.2) is 6.29 Å². The Morgan fingerprint density at radius 1 is 1.00 bits per heavy atom. The van der Waals surface area contributed by atoms with Gasteiger partial charge in [-0.15, -0.1) is 0 Å². The molecule has 1 saturated heterocycles. The molecule has 0 spiro atoms. The van der Waals surface area contributed by atoms with E-state index in [2.05, 4.69) is 6.92 Å². The molecule has 1 heterocycles. The average Bonchev–Trinajstić information content (AvgIpc) is 3.10. The van der Waals surface area contributed by atoms with Crippen LogP contribution in [0.4, 0.5) is 0 Å². The zero-order chi connectivity index (χ0) is 21.9. The number of carbonyl (C=O) groups excluding carboxylic acids is 1. The van der Waals surface area contributed by atoms with E-state index in [1.807, 2.05) is 13.8 Å². The molecule has 1 aliphatic heterocycles. The van der Waals surface area contributed by atoms with Crippen molar-refractivity contribution in [2.75, 3.05) is 13.2 Å². The van der Waals surface area contributed by atoms with Gasteiger partial charge in [-0.05, 0) is 125 Å². The van der Waals surface area contributed by atoms with Crippen LogP contribution in [0.5, 0.6) is 0 Å². The molecule has 1 N–H and O–H groups in total. The second-order valence-corrected chi connectivity index (χ2v) is 12.5. The van der Waals surface area contributed by atoms with Crippen LogP contribution in [0.1, 0.15) is 97.8 Å². The van der Waals surface area contributed by atoms with Crippen molar-refractivity contribution in [3.8, 4) is 0 Å². The van der Waals surface area contributed by atoms with Crippen LogP contribution >= 0.6 is 0 Å². The van der Waals surface area contributed by atoms with Gasteiger partial charge in [-0.25, -0.2) is 0 Å².